The molecule has 1 unspecified atom stereocenters. The molecule has 7 nitrogen and oxygen atoms in total. The second kappa shape index (κ2) is 11.6. The smallest absolute Gasteiger partial charge is 0.145 e. The molecule has 27 heavy (non-hydrogen) atoms. The van der Waals surface area contributed by atoms with Crippen LogP contribution in [-0.4, -0.2) is 68.6 Å². The van der Waals surface area contributed by atoms with Gasteiger partial charge in [0.2, 0.25) is 0 Å². The fourth-order valence-corrected chi connectivity index (χ4v) is 2.75. The van der Waals surface area contributed by atoms with Crippen LogP contribution in [0.5, 0.6) is 0 Å². The lowest BCUT2D eigenvalue weighted by molar-refractivity contribution is -0.111. The third-order valence-corrected chi connectivity index (χ3v) is 4.16. The molecule has 0 amide bonds. The summed E-state index contributed by atoms with van der Waals surface area (Å²) in [5.41, 5.74) is 0.996. The lowest BCUT2D eigenvalue weighted by Gasteiger charge is -2.13. The summed E-state index contributed by atoms with van der Waals surface area (Å²) in [4.78, 5) is 21.3. The van der Waals surface area contributed by atoms with Crippen LogP contribution in [0.25, 0.3) is 10.9 Å². The maximum atomic E-state index is 9.93. The van der Waals surface area contributed by atoms with Gasteiger partial charge in [0, 0.05) is 24.5 Å². The number of aldehydes is 1. The number of carbonyl (C=O) groups is 1. The topological polar surface area (TPSA) is 79.4 Å². The summed E-state index contributed by atoms with van der Waals surface area (Å²) in [6.07, 6.45) is 2.95. The first-order valence-electron chi connectivity index (χ1n) is 9.46. The number of carbonyl (C=O) groups excluding carboxylic acids is 1. The van der Waals surface area contributed by atoms with E-state index in [0.717, 1.165) is 67.9 Å². The molecule has 2 aromatic rings. The molecule has 1 atom stereocenters. The number of hydrogen-bond donors (Lipinski definition) is 2. The van der Waals surface area contributed by atoms with Crippen molar-refractivity contribution < 1.29 is 9.53 Å². The van der Waals surface area contributed by atoms with Crippen molar-refractivity contribution in [2.45, 2.75) is 19.4 Å². The molecule has 1 aromatic heterocycles. The minimum Gasteiger partial charge on any atom is -0.381 e. The molecule has 0 spiro atoms. The van der Waals surface area contributed by atoms with Crippen molar-refractivity contribution in [1.29, 1.82) is 0 Å². The summed E-state index contributed by atoms with van der Waals surface area (Å²) in [7, 11) is 6.02. The molecule has 0 saturated carbocycles. The van der Waals surface area contributed by atoms with E-state index in [2.05, 4.69) is 31.6 Å². The highest BCUT2D eigenvalue weighted by molar-refractivity contribution is 5.88. The van der Waals surface area contributed by atoms with E-state index in [1.807, 2.05) is 39.3 Å². The number of rotatable bonds is 8. The van der Waals surface area contributed by atoms with Crippen molar-refractivity contribution in [3.63, 3.8) is 0 Å². The Morgan fingerprint density at radius 1 is 1.26 bits per heavy atom. The van der Waals surface area contributed by atoms with E-state index < -0.39 is 0 Å². The first kappa shape index (κ1) is 21.2. The predicted molar refractivity (Wildman–Crippen MR) is 109 cm³/mol. The quantitative estimate of drug-likeness (QED) is 0.541. The summed E-state index contributed by atoms with van der Waals surface area (Å²) in [6, 6.07) is 8.14. The van der Waals surface area contributed by atoms with Crippen molar-refractivity contribution in [1.82, 2.24) is 20.2 Å². The molecule has 2 N–H and O–H groups in total. The molecule has 3 rings (SSSR count). The Kier molecular flexibility index (Phi) is 9.10. The second-order valence-electron chi connectivity index (χ2n) is 6.89. The van der Waals surface area contributed by atoms with E-state index in [1.165, 1.54) is 0 Å². The lowest BCUT2D eigenvalue weighted by atomic mass is 10.2. The minimum absolute atomic E-state index is 0.194. The van der Waals surface area contributed by atoms with E-state index >= 15 is 0 Å². The van der Waals surface area contributed by atoms with Gasteiger partial charge in [-0.15, -0.1) is 0 Å². The van der Waals surface area contributed by atoms with Crippen molar-refractivity contribution >= 4 is 23.0 Å². The number of aromatic nitrogens is 2. The zero-order valence-corrected chi connectivity index (χ0v) is 16.6. The molecule has 1 saturated heterocycles. The highest BCUT2D eigenvalue weighted by Crippen LogP contribution is 2.20. The van der Waals surface area contributed by atoms with Gasteiger partial charge in [0.25, 0.3) is 0 Å². The lowest BCUT2D eigenvalue weighted by Crippen LogP contribution is -2.16. The van der Waals surface area contributed by atoms with Gasteiger partial charge in [-0.1, -0.05) is 12.1 Å². The summed E-state index contributed by atoms with van der Waals surface area (Å²) < 4.78 is 4.92. The fourth-order valence-electron chi connectivity index (χ4n) is 2.75. The first-order valence-corrected chi connectivity index (χ1v) is 9.46. The van der Waals surface area contributed by atoms with Gasteiger partial charge < -0.3 is 25.1 Å². The van der Waals surface area contributed by atoms with Gasteiger partial charge in [-0.05, 0) is 52.7 Å². The summed E-state index contributed by atoms with van der Waals surface area (Å²) in [5.74, 6) is 1.98. The van der Waals surface area contributed by atoms with Gasteiger partial charge in [0.15, 0.2) is 0 Å². The van der Waals surface area contributed by atoms with Crippen molar-refractivity contribution in [2.75, 3.05) is 52.8 Å². The molecule has 7 heteroatoms. The van der Waals surface area contributed by atoms with Crippen LogP contribution in [0.3, 0.4) is 0 Å². The number of anilines is 1. The number of nitrogens with zero attached hydrogens (tertiary/aromatic N) is 3. The van der Waals surface area contributed by atoms with E-state index in [4.69, 9.17) is 4.74 Å². The van der Waals surface area contributed by atoms with Crippen molar-refractivity contribution in [2.24, 2.45) is 5.92 Å². The largest absolute Gasteiger partial charge is 0.381 e. The SMILES string of the molecule is CNCCCNc1nc(CN(C)C)nc2ccccc12.O=CC1CCOC1. The number of para-hydroxylation sites is 1. The molecule has 1 aliphatic heterocycles. The van der Waals surface area contributed by atoms with Crippen LogP contribution in [0.2, 0.25) is 0 Å². The summed E-state index contributed by atoms with van der Waals surface area (Å²) in [6.45, 7) is 4.06. The van der Waals surface area contributed by atoms with Crippen LogP contribution in [0.4, 0.5) is 5.82 Å². The molecule has 0 radical (unpaired) electrons. The predicted octanol–water partition coefficient (Wildman–Crippen LogP) is 1.93. The third-order valence-electron chi connectivity index (χ3n) is 4.16. The van der Waals surface area contributed by atoms with E-state index in [-0.39, 0.29) is 5.92 Å². The maximum Gasteiger partial charge on any atom is 0.145 e. The Morgan fingerprint density at radius 2 is 2.07 bits per heavy atom. The minimum atomic E-state index is 0.194. The van der Waals surface area contributed by atoms with E-state index in [1.54, 1.807) is 0 Å². The Morgan fingerprint density at radius 3 is 2.70 bits per heavy atom. The van der Waals surface area contributed by atoms with Gasteiger partial charge >= 0.3 is 0 Å². The molecule has 1 aliphatic rings. The van der Waals surface area contributed by atoms with E-state index in [0.29, 0.717) is 6.61 Å². The molecule has 0 bridgehead atoms. The van der Waals surface area contributed by atoms with Crippen LogP contribution < -0.4 is 10.6 Å². The van der Waals surface area contributed by atoms with Crippen molar-refractivity contribution in [3.05, 3.63) is 30.1 Å². The molecular formula is C20H31N5O2. The second-order valence-corrected chi connectivity index (χ2v) is 6.89. The maximum absolute atomic E-state index is 9.93. The molecule has 1 fully saturated rings. The number of benzene rings is 1. The monoisotopic (exact) mass is 373 g/mol. The zero-order valence-electron chi connectivity index (χ0n) is 16.6. The third kappa shape index (κ3) is 7.21. The molecule has 2 heterocycles. The van der Waals surface area contributed by atoms with Crippen LogP contribution in [0.15, 0.2) is 24.3 Å². The number of ether oxygens (including phenoxy) is 1. The number of fused-ring (bicyclic) bond motifs is 1. The van der Waals surface area contributed by atoms with Crippen molar-refractivity contribution in [3.8, 4) is 0 Å². The number of nitrogens with one attached hydrogen (secondary N) is 2. The Hall–Kier alpha value is -2.09. The standard InChI is InChI=1S/C15H23N5.C5H8O2/c1-16-9-6-10-17-15-12-7-4-5-8-13(12)18-14(19-15)11-20(2)3;6-3-5-1-2-7-4-5/h4-5,7-8,16H,6,9-11H2,1-3H3,(H,17,18,19);3,5H,1-2,4H2. The van der Waals surface area contributed by atoms with Gasteiger partial charge in [0.1, 0.15) is 17.9 Å². The Balaban J connectivity index is 0.000000313. The first-order chi connectivity index (χ1) is 13.1. The van der Waals surface area contributed by atoms with Gasteiger partial charge in [0.05, 0.1) is 18.7 Å². The Bertz CT molecular complexity index is 702. The fraction of sp³-hybridized carbons (Fsp3) is 0.550. The number of hydrogen-bond acceptors (Lipinski definition) is 7. The van der Waals surface area contributed by atoms with Crippen LogP contribution in [-0.2, 0) is 16.1 Å². The highest BCUT2D eigenvalue weighted by Gasteiger charge is 2.12. The van der Waals surface area contributed by atoms with Crippen LogP contribution in [0.1, 0.15) is 18.7 Å². The molecule has 1 aromatic carbocycles. The average Bonchev–Trinajstić information content (AvgIpc) is 3.19. The summed E-state index contributed by atoms with van der Waals surface area (Å²) >= 11 is 0. The summed E-state index contributed by atoms with van der Waals surface area (Å²) in [5, 5.41) is 7.66. The molecule has 148 valence electrons. The van der Waals surface area contributed by atoms with Crippen LogP contribution >= 0.6 is 0 Å². The highest BCUT2D eigenvalue weighted by atomic mass is 16.5. The molecule has 0 aliphatic carbocycles. The zero-order chi connectivity index (χ0) is 19.5. The van der Waals surface area contributed by atoms with Crippen LogP contribution in [0, 0.1) is 5.92 Å². The molecular weight excluding hydrogens is 342 g/mol. The Labute approximate surface area is 161 Å². The van der Waals surface area contributed by atoms with E-state index in [9.17, 15) is 4.79 Å². The van der Waals surface area contributed by atoms with Gasteiger partial charge in [-0.3, -0.25) is 0 Å². The van der Waals surface area contributed by atoms with Gasteiger partial charge in [-0.25, -0.2) is 9.97 Å². The average molecular weight is 374 g/mol. The normalized spacial score (nSPS) is 16.2. The van der Waals surface area contributed by atoms with Gasteiger partial charge in [-0.2, -0.15) is 0 Å².